The standard InChI is InChI=1S/C14H15ClN4O2/c1-9-7-17-14(21)19(8-9)5-4-13(20)18-12-6-10(15)2-3-11(12)16/h2-3,6-8H,4-5,16H2,1H3,(H,18,20). The van der Waals surface area contributed by atoms with Gasteiger partial charge in [0.25, 0.3) is 0 Å². The van der Waals surface area contributed by atoms with Gasteiger partial charge < -0.3 is 11.1 Å². The topological polar surface area (TPSA) is 90.0 Å². The first kappa shape index (κ1) is 15.1. The van der Waals surface area contributed by atoms with E-state index in [0.717, 1.165) is 5.56 Å². The lowest BCUT2D eigenvalue weighted by Gasteiger charge is -2.09. The number of hydrogen-bond donors (Lipinski definition) is 2. The summed E-state index contributed by atoms with van der Waals surface area (Å²) in [4.78, 5) is 27.1. The molecule has 1 heterocycles. The van der Waals surface area contributed by atoms with Crippen molar-refractivity contribution in [2.75, 3.05) is 11.1 Å². The Bertz CT molecular complexity index is 727. The van der Waals surface area contributed by atoms with Gasteiger partial charge >= 0.3 is 5.69 Å². The number of nitrogens with one attached hydrogen (secondary N) is 1. The van der Waals surface area contributed by atoms with Crippen molar-refractivity contribution in [1.29, 1.82) is 0 Å². The maximum Gasteiger partial charge on any atom is 0.347 e. The summed E-state index contributed by atoms with van der Waals surface area (Å²) in [7, 11) is 0. The molecule has 2 rings (SSSR count). The summed E-state index contributed by atoms with van der Waals surface area (Å²) in [6, 6.07) is 4.84. The fourth-order valence-electron chi connectivity index (χ4n) is 1.80. The summed E-state index contributed by atoms with van der Waals surface area (Å²) in [6.45, 7) is 2.08. The highest BCUT2D eigenvalue weighted by Crippen LogP contribution is 2.22. The number of nitrogens with two attached hydrogens (primary N) is 1. The Morgan fingerprint density at radius 1 is 1.48 bits per heavy atom. The molecule has 6 nitrogen and oxygen atoms in total. The van der Waals surface area contributed by atoms with E-state index in [1.54, 1.807) is 24.4 Å². The highest BCUT2D eigenvalue weighted by molar-refractivity contribution is 6.31. The lowest BCUT2D eigenvalue weighted by Crippen LogP contribution is -2.25. The second kappa shape index (κ2) is 6.41. The highest BCUT2D eigenvalue weighted by atomic mass is 35.5. The van der Waals surface area contributed by atoms with E-state index in [1.165, 1.54) is 10.8 Å². The van der Waals surface area contributed by atoms with Crippen molar-refractivity contribution in [3.8, 4) is 0 Å². The van der Waals surface area contributed by atoms with Crippen molar-refractivity contribution in [2.24, 2.45) is 0 Å². The van der Waals surface area contributed by atoms with Gasteiger partial charge in [0, 0.05) is 30.4 Å². The zero-order valence-corrected chi connectivity index (χ0v) is 12.2. The predicted molar refractivity (Wildman–Crippen MR) is 82.3 cm³/mol. The molecular formula is C14H15ClN4O2. The number of nitrogen functional groups attached to an aromatic ring is 1. The van der Waals surface area contributed by atoms with Crippen molar-refractivity contribution >= 4 is 28.9 Å². The van der Waals surface area contributed by atoms with Gasteiger partial charge in [-0.25, -0.2) is 9.78 Å². The van der Waals surface area contributed by atoms with Gasteiger partial charge in [0.05, 0.1) is 11.4 Å². The van der Waals surface area contributed by atoms with Crippen LogP contribution in [0.5, 0.6) is 0 Å². The molecule has 2 aromatic rings. The Hall–Kier alpha value is -2.34. The van der Waals surface area contributed by atoms with Crippen LogP contribution in [-0.2, 0) is 11.3 Å². The SMILES string of the molecule is Cc1cnc(=O)n(CCC(=O)Nc2cc(Cl)ccc2N)c1. The maximum atomic E-state index is 11.9. The first-order valence-corrected chi connectivity index (χ1v) is 6.71. The average Bonchev–Trinajstić information content (AvgIpc) is 2.44. The van der Waals surface area contributed by atoms with Gasteiger partial charge in [0.1, 0.15) is 0 Å². The van der Waals surface area contributed by atoms with Crippen LogP contribution in [0.15, 0.2) is 35.4 Å². The number of aryl methyl sites for hydroxylation is 2. The number of halogens is 1. The Labute approximate surface area is 126 Å². The normalized spacial score (nSPS) is 10.4. The van der Waals surface area contributed by atoms with Crippen LogP contribution in [0.3, 0.4) is 0 Å². The minimum atomic E-state index is -0.379. The number of nitrogens with zero attached hydrogens (tertiary/aromatic N) is 2. The van der Waals surface area contributed by atoms with E-state index in [1.807, 2.05) is 6.92 Å². The largest absolute Gasteiger partial charge is 0.397 e. The first-order chi connectivity index (χ1) is 9.95. The van der Waals surface area contributed by atoms with Crippen LogP contribution < -0.4 is 16.7 Å². The molecule has 0 aliphatic rings. The smallest absolute Gasteiger partial charge is 0.347 e. The molecule has 0 spiro atoms. The summed E-state index contributed by atoms with van der Waals surface area (Å²) in [6.07, 6.45) is 3.29. The van der Waals surface area contributed by atoms with E-state index in [0.29, 0.717) is 16.4 Å². The van der Waals surface area contributed by atoms with Gasteiger partial charge in [-0.15, -0.1) is 0 Å². The average molecular weight is 307 g/mol. The molecule has 0 fully saturated rings. The van der Waals surface area contributed by atoms with E-state index < -0.39 is 0 Å². The van der Waals surface area contributed by atoms with Crippen LogP contribution in [0.1, 0.15) is 12.0 Å². The molecule has 3 N–H and O–H groups in total. The second-order valence-electron chi connectivity index (χ2n) is 4.64. The molecule has 0 unspecified atom stereocenters. The zero-order valence-electron chi connectivity index (χ0n) is 11.5. The fourth-order valence-corrected chi connectivity index (χ4v) is 1.97. The third kappa shape index (κ3) is 4.06. The van der Waals surface area contributed by atoms with Crippen molar-refractivity contribution in [1.82, 2.24) is 9.55 Å². The number of hydrogen-bond acceptors (Lipinski definition) is 4. The summed E-state index contributed by atoms with van der Waals surface area (Å²) in [5.74, 6) is -0.252. The van der Waals surface area contributed by atoms with Gasteiger partial charge in [0.2, 0.25) is 5.91 Å². The van der Waals surface area contributed by atoms with E-state index in [9.17, 15) is 9.59 Å². The number of amides is 1. The monoisotopic (exact) mass is 306 g/mol. The van der Waals surface area contributed by atoms with Crippen LogP contribution in [0.25, 0.3) is 0 Å². The molecule has 0 saturated carbocycles. The Balaban J connectivity index is 2.01. The van der Waals surface area contributed by atoms with Gasteiger partial charge in [-0.05, 0) is 30.7 Å². The molecule has 1 aromatic carbocycles. The molecule has 0 saturated heterocycles. The highest BCUT2D eigenvalue weighted by Gasteiger charge is 2.07. The Morgan fingerprint density at radius 2 is 2.24 bits per heavy atom. The summed E-state index contributed by atoms with van der Waals surface area (Å²) < 4.78 is 1.40. The van der Waals surface area contributed by atoms with Crippen molar-refractivity contribution < 1.29 is 4.79 Å². The van der Waals surface area contributed by atoms with Crippen LogP contribution in [0, 0.1) is 6.92 Å². The third-order valence-electron chi connectivity index (χ3n) is 2.85. The number of carbonyl (C=O) groups excluding carboxylic acids is 1. The van der Waals surface area contributed by atoms with Crippen LogP contribution in [0.4, 0.5) is 11.4 Å². The Kier molecular flexibility index (Phi) is 4.59. The number of aromatic nitrogens is 2. The third-order valence-corrected chi connectivity index (χ3v) is 3.09. The van der Waals surface area contributed by atoms with E-state index in [2.05, 4.69) is 10.3 Å². The van der Waals surface area contributed by atoms with Gasteiger partial charge in [-0.3, -0.25) is 9.36 Å². The lowest BCUT2D eigenvalue weighted by atomic mass is 10.2. The van der Waals surface area contributed by atoms with Crippen molar-refractivity contribution in [3.05, 3.63) is 51.7 Å². The van der Waals surface area contributed by atoms with E-state index >= 15 is 0 Å². The van der Waals surface area contributed by atoms with Gasteiger partial charge in [-0.2, -0.15) is 0 Å². The number of benzene rings is 1. The molecule has 0 radical (unpaired) electrons. The molecule has 0 bridgehead atoms. The predicted octanol–water partition coefficient (Wildman–Crippen LogP) is 1.82. The molecule has 0 aliphatic carbocycles. The molecule has 1 amide bonds. The van der Waals surface area contributed by atoms with Gasteiger partial charge in [0.15, 0.2) is 0 Å². The fraction of sp³-hybridized carbons (Fsp3) is 0.214. The number of carbonyl (C=O) groups is 1. The quantitative estimate of drug-likeness (QED) is 0.843. The minimum Gasteiger partial charge on any atom is -0.397 e. The molecule has 0 atom stereocenters. The molecule has 110 valence electrons. The van der Waals surface area contributed by atoms with Crippen LogP contribution >= 0.6 is 11.6 Å². The molecule has 0 aliphatic heterocycles. The van der Waals surface area contributed by atoms with Crippen molar-refractivity contribution in [2.45, 2.75) is 19.9 Å². The first-order valence-electron chi connectivity index (χ1n) is 6.33. The van der Waals surface area contributed by atoms with E-state index in [-0.39, 0.29) is 24.6 Å². The molecule has 21 heavy (non-hydrogen) atoms. The summed E-state index contributed by atoms with van der Waals surface area (Å²) in [5.41, 5.74) is 7.12. The summed E-state index contributed by atoms with van der Waals surface area (Å²) in [5, 5.41) is 3.16. The van der Waals surface area contributed by atoms with Crippen LogP contribution in [-0.4, -0.2) is 15.5 Å². The van der Waals surface area contributed by atoms with Crippen LogP contribution in [0.2, 0.25) is 5.02 Å². The van der Waals surface area contributed by atoms with Gasteiger partial charge in [-0.1, -0.05) is 11.6 Å². The van der Waals surface area contributed by atoms with E-state index in [4.69, 9.17) is 17.3 Å². The number of rotatable bonds is 4. The molecule has 7 heteroatoms. The maximum absolute atomic E-state index is 11.9. The second-order valence-corrected chi connectivity index (χ2v) is 5.07. The molecule has 1 aromatic heterocycles. The Morgan fingerprint density at radius 3 is 3.00 bits per heavy atom. The molecular weight excluding hydrogens is 292 g/mol. The summed E-state index contributed by atoms with van der Waals surface area (Å²) >= 11 is 5.85. The minimum absolute atomic E-state index is 0.136. The number of anilines is 2. The van der Waals surface area contributed by atoms with Crippen molar-refractivity contribution in [3.63, 3.8) is 0 Å². The lowest BCUT2D eigenvalue weighted by molar-refractivity contribution is -0.116. The zero-order chi connectivity index (χ0) is 15.4.